The first-order valence-electron chi connectivity index (χ1n) is 17.0. The van der Waals surface area contributed by atoms with Crippen LogP contribution in [-0.2, 0) is 25.7 Å². The molecule has 0 N–H and O–H groups in total. The highest BCUT2D eigenvalue weighted by Gasteiger charge is 2.32. The summed E-state index contributed by atoms with van der Waals surface area (Å²) in [5.74, 6) is 3.01. The van der Waals surface area contributed by atoms with Crippen molar-refractivity contribution in [1.82, 2.24) is 4.90 Å². The number of amides is 1. The van der Waals surface area contributed by atoms with E-state index in [9.17, 15) is 14.9 Å². The zero-order chi connectivity index (χ0) is 35.8. The number of nitrogens with zero attached hydrogens (tertiary/aromatic N) is 4. The summed E-state index contributed by atoms with van der Waals surface area (Å²) < 4.78 is 39.6. The van der Waals surface area contributed by atoms with E-state index in [1.807, 2.05) is 66.7 Å². The largest absolute Gasteiger partial charge is 0.496 e. The van der Waals surface area contributed by atoms with Gasteiger partial charge in [-0.3, -0.25) is 4.84 Å². The quantitative estimate of drug-likeness (QED) is 0.0729. The van der Waals surface area contributed by atoms with E-state index in [1.54, 1.807) is 14.2 Å². The summed E-state index contributed by atoms with van der Waals surface area (Å²) in [5.41, 5.74) is 2.90. The molecule has 0 saturated carbocycles. The van der Waals surface area contributed by atoms with Gasteiger partial charge in [0.15, 0.2) is 0 Å². The normalized spacial score (nSPS) is 15.4. The van der Waals surface area contributed by atoms with Crippen molar-refractivity contribution in [3.05, 3.63) is 82.4 Å². The number of para-hydroxylation sites is 1. The molecular weight excluding hydrogens is 664 g/mol. The molecular formula is C36H46N4O11. The number of methoxy groups -OCH3 is 2. The number of piperazine rings is 1. The van der Waals surface area contributed by atoms with E-state index in [1.165, 1.54) is 4.90 Å². The minimum Gasteiger partial charge on any atom is -0.496 e. The number of benzene rings is 3. The minimum atomic E-state index is -1.00. The first-order chi connectivity index (χ1) is 24.9. The van der Waals surface area contributed by atoms with Crippen LogP contribution < -0.4 is 28.7 Å². The number of anilines is 2. The van der Waals surface area contributed by atoms with Gasteiger partial charge >= 0.3 is 6.09 Å². The van der Waals surface area contributed by atoms with Crippen molar-refractivity contribution in [2.75, 3.05) is 96.6 Å². The van der Waals surface area contributed by atoms with Crippen molar-refractivity contribution >= 4 is 17.5 Å². The highest BCUT2D eigenvalue weighted by atomic mass is 17.0. The van der Waals surface area contributed by atoms with Crippen molar-refractivity contribution in [2.24, 2.45) is 0 Å². The van der Waals surface area contributed by atoms with Crippen LogP contribution >= 0.6 is 0 Å². The number of rotatable bonds is 19. The second-order valence-corrected chi connectivity index (χ2v) is 11.9. The second kappa shape index (κ2) is 19.3. The SMILES string of the molecule is COCCCN1CCOc2ccc(OCC3CN(C(=O)OCO[N+](=O)[O-])CCN3c3ccc(OCCCOCc4ccccc4OC)cc3)cc21. The molecule has 276 valence electrons. The van der Waals surface area contributed by atoms with Gasteiger partial charge in [0, 0.05) is 63.6 Å². The molecule has 2 aliphatic rings. The Labute approximate surface area is 297 Å². The molecule has 0 aromatic heterocycles. The Morgan fingerprint density at radius 1 is 0.941 bits per heavy atom. The number of fused-ring (bicyclic) bond motifs is 1. The Morgan fingerprint density at radius 3 is 2.57 bits per heavy atom. The highest BCUT2D eigenvalue weighted by Crippen LogP contribution is 2.35. The Kier molecular flexibility index (Phi) is 14.0. The Balaban J connectivity index is 1.18. The molecule has 1 amide bonds. The molecule has 15 nitrogen and oxygen atoms in total. The van der Waals surface area contributed by atoms with Crippen LogP contribution in [0.4, 0.5) is 16.2 Å². The van der Waals surface area contributed by atoms with Gasteiger partial charge in [-0.2, -0.15) is 0 Å². The summed E-state index contributed by atoms with van der Waals surface area (Å²) in [7, 11) is 3.34. The first-order valence-corrected chi connectivity index (χ1v) is 17.0. The van der Waals surface area contributed by atoms with Crippen molar-refractivity contribution < 1.29 is 47.9 Å². The standard InChI is InChI=1S/C36H46N4O11/c1-44-19-5-15-37-18-22-48-35-14-13-32(23-33(35)37)49-26-30-24-38(36(41)50-27-51-40(42)43)16-17-39(30)29-9-11-31(12-10-29)47-21-6-20-46-25-28-7-3-4-8-34(28)45-2/h3-4,7-14,23,30H,5-6,15-22,24-27H2,1-2H3. The lowest BCUT2D eigenvalue weighted by molar-refractivity contribution is -0.765. The van der Waals surface area contributed by atoms with E-state index < -0.39 is 18.0 Å². The molecule has 1 unspecified atom stereocenters. The van der Waals surface area contributed by atoms with Crippen LogP contribution in [-0.4, -0.2) is 109 Å². The molecule has 0 aliphatic carbocycles. The van der Waals surface area contributed by atoms with E-state index in [0.717, 1.165) is 60.1 Å². The molecule has 1 atom stereocenters. The predicted octanol–water partition coefficient (Wildman–Crippen LogP) is 4.79. The van der Waals surface area contributed by atoms with Gasteiger partial charge in [-0.1, -0.05) is 18.2 Å². The molecule has 0 radical (unpaired) electrons. The van der Waals surface area contributed by atoms with Crippen molar-refractivity contribution in [1.29, 1.82) is 0 Å². The zero-order valence-corrected chi connectivity index (χ0v) is 29.1. The molecule has 2 heterocycles. The number of carbonyl (C=O) groups excluding carboxylic acids is 1. The van der Waals surface area contributed by atoms with Gasteiger partial charge in [0.05, 0.1) is 45.2 Å². The van der Waals surface area contributed by atoms with Crippen LogP contribution in [0, 0.1) is 10.1 Å². The van der Waals surface area contributed by atoms with Gasteiger partial charge in [0.1, 0.15) is 36.2 Å². The predicted molar refractivity (Wildman–Crippen MR) is 187 cm³/mol. The molecule has 3 aromatic carbocycles. The summed E-state index contributed by atoms with van der Waals surface area (Å²) in [6, 6.07) is 21.1. The van der Waals surface area contributed by atoms with E-state index in [0.29, 0.717) is 51.9 Å². The average Bonchev–Trinajstić information content (AvgIpc) is 3.15. The Hall–Kier alpha value is -5.15. The number of ether oxygens (including phenoxy) is 7. The Bertz CT molecular complexity index is 1540. The lowest BCUT2D eigenvalue weighted by Crippen LogP contribution is -2.57. The third kappa shape index (κ3) is 10.9. The molecule has 0 bridgehead atoms. The van der Waals surface area contributed by atoms with E-state index in [-0.39, 0.29) is 19.2 Å². The van der Waals surface area contributed by atoms with Crippen LogP contribution in [0.5, 0.6) is 23.0 Å². The fraction of sp³-hybridized carbons (Fsp3) is 0.472. The topological polar surface area (TPSA) is 144 Å². The monoisotopic (exact) mass is 710 g/mol. The summed E-state index contributed by atoms with van der Waals surface area (Å²) in [5, 5.41) is 9.51. The van der Waals surface area contributed by atoms with Crippen LogP contribution in [0.15, 0.2) is 66.7 Å². The van der Waals surface area contributed by atoms with Gasteiger partial charge in [-0.25, -0.2) is 4.79 Å². The van der Waals surface area contributed by atoms with Crippen LogP contribution in [0.25, 0.3) is 0 Å². The van der Waals surface area contributed by atoms with E-state index >= 15 is 0 Å². The molecule has 3 aromatic rings. The van der Waals surface area contributed by atoms with Crippen LogP contribution in [0.3, 0.4) is 0 Å². The number of hydrogen-bond acceptors (Lipinski definition) is 13. The fourth-order valence-corrected chi connectivity index (χ4v) is 5.97. The second-order valence-electron chi connectivity index (χ2n) is 11.9. The fourth-order valence-electron chi connectivity index (χ4n) is 5.97. The van der Waals surface area contributed by atoms with Gasteiger partial charge < -0.3 is 47.9 Å². The van der Waals surface area contributed by atoms with E-state index in [4.69, 9.17) is 33.2 Å². The van der Waals surface area contributed by atoms with Crippen LogP contribution in [0.2, 0.25) is 0 Å². The maximum atomic E-state index is 12.7. The van der Waals surface area contributed by atoms with Crippen molar-refractivity contribution in [3.8, 4) is 23.0 Å². The lowest BCUT2D eigenvalue weighted by Gasteiger charge is -2.42. The maximum absolute atomic E-state index is 12.7. The Morgan fingerprint density at radius 2 is 1.76 bits per heavy atom. The molecule has 51 heavy (non-hydrogen) atoms. The third-order valence-corrected chi connectivity index (χ3v) is 8.51. The minimum absolute atomic E-state index is 0.256. The van der Waals surface area contributed by atoms with Crippen molar-refractivity contribution in [3.63, 3.8) is 0 Å². The summed E-state index contributed by atoms with van der Waals surface area (Å²) in [4.78, 5) is 33.4. The van der Waals surface area contributed by atoms with Gasteiger partial charge in [-0.05, 0) is 48.9 Å². The summed E-state index contributed by atoms with van der Waals surface area (Å²) >= 11 is 0. The first kappa shape index (κ1) is 37.1. The number of carbonyl (C=O) groups is 1. The third-order valence-electron chi connectivity index (χ3n) is 8.51. The lowest BCUT2D eigenvalue weighted by atomic mass is 10.1. The molecule has 15 heteroatoms. The summed E-state index contributed by atoms with van der Waals surface area (Å²) in [6.45, 7) is 4.96. The zero-order valence-electron chi connectivity index (χ0n) is 29.1. The van der Waals surface area contributed by atoms with Gasteiger partial charge in [0.2, 0.25) is 6.79 Å². The van der Waals surface area contributed by atoms with Crippen molar-refractivity contribution in [2.45, 2.75) is 25.5 Å². The maximum Gasteiger partial charge on any atom is 0.411 e. The molecule has 1 saturated heterocycles. The smallest absolute Gasteiger partial charge is 0.411 e. The van der Waals surface area contributed by atoms with Gasteiger partial charge in [-0.15, -0.1) is 10.1 Å². The van der Waals surface area contributed by atoms with Gasteiger partial charge in [0.25, 0.3) is 5.09 Å². The number of hydrogen-bond donors (Lipinski definition) is 0. The molecule has 1 fully saturated rings. The highest BCUT2D eigenvalue weighted by molar-refractivity contribution is 5.68. The van der Waals surface area contributed by atoms with E-state index in [2.05, 4.69) is 14.6 Å². The van der Waals surface area contributed by atoms with Crippen LogP contribution in [0.1, 0.15) is 18.4 Å². The molecule has 5 rings (SSSR count). The molecule has 0 spiro atoms. The summed E-state index contributed by atoms with van der Waals surface area (Å²) in [6.07, 6.45) is 0.912. The average molecular weight is 711 g/mol. The molecule has 2 aliphatic heterocycles.